The van der Waals surface area contributed by atoms with Crippen molar-refractivity contribution in [3.8, 4) is 11.4 Å². The predicted molar refractivity (Wildman–Crippen MR) is 105 cm³/mol. The highest BCUT2D eigenvalue weighted by Gasteiger charge is 2.30. The van der Waals surface area contributed by atoms with Crippen molar-refractivity contribution in [3.63, 3.8) is 0 Å². The van der Waals surface area contributed by atoms with Crippen molar-refractivity contribution in [2.24, 2.45) is 0 Å². The molecule has 1 amide bonds. The number of fused-ring (bicyclic) bond motifs is 1. The quantitative estimate of drug-likeness (QED) is 0.526. The van der Waals surface area contributed by atoms with Gasteiger partial charge < -0.3 is 9.42 Å². The van der Waals surface area contributed by atoms with Gasteiger partial charge in [0.2, 0.25) is 17.6 Å². The molecular weight excluding hydrogens is 411 g/mol. The number of H-pyrrole nitrogens is 1. The molecule has 0 saturated carbocycles. The largest absolute Gasteiger partial charge is 0.339 e. The van der Waals surface area contributed by atoms with Crippen LogP contribution in [0.15, 0.2) is 41.1 Å². The summed E-state index contributed by atoms with van der Waals surface area (Å²) in [5, 5.41) is 10.9. The van der Waals surface area contributed by atoms with E-state index in [4.69, 9.17) is 4.52 Å². The molecular formula is C21H16F3N5O2. The van der Waals surface area contributed by atoms with Crippen molar-refractivity contribution in [1.82, 2.24) is 20.3 Å². The second-order valence-corrected chi connectivity index (χ2v) is 7.40. The average molecular weight is 427 g/mol. The van der Waals surface area contributed by atoms with Crippen LogP contribution in [-0.4, -0.2) is 32.8 Å². The molecule has 1 N–H and O–H groups in total. The Bertz CT molecular complexity index is 1290. The van der Waals surface area contributed by atoms with Gasteiger partial charge in [-0.3, -0.25) is 9.89 Å². The van der Waals surface area contributed by atoms with E-state index in [1.54, 1.807) is 0 Å². The van der Waals surface area contributed by atoms with Crippen molar-refractivity contribution in [2.75, 3.05) is 11.4 Å². The molecule has 1 saturated heterocycles. The molecule has 1 aliphatic heterocycles. The van der Waals surface area contributed by atoms with E-state index in [0.29, 0.717) is 47.4 Å². The average Bonchev–Trinajstić information content (AvgIpc) is 3.40. The van der Waals surface area contributed by atoms with Crippen LogP contribution in [-0.2, 0) is 4.79 Å². The maximum Gasteiger partial charge on any atom is 0.230 e. The maximum atomic E-state index is 13.9. The van der Waals surface area contributed by atoms with Crippen LogP contribution in [0, 0.1) is 17.5 Å². The van der Waals surface area contributed by atoms with Gasteiger partial charge in [-0.25, -0.2) is 13.2 Å². The lowest BCUT2D eigenvalue weighted by Crippen LogP contribution is -2.30. The van der Waals surface area contributed by atoms with E-state index in [0.717, 1.165) is 12.1 Å². The van der Waals surface area contributed by atoms with Gasteiger partial charge in [0, 0.05) is 36.2 Å². The Balaban J connectivity index is 1.40. The summed E-state index contributed by atoms with van der Waals surface area (Å²) in [6.07, 6.45) is 2.69. The molecule has 158 valence electrons. The number of carbonyl (C=O) groups excluding carboxylic acids is 1. The molecule has 1 aliphatic rings. The Morgan fingerprint density at radius 3 is 2.77 bits per heavy atom. The molecule has 0 radical (unpaired) electrons. The molecule has 2 aromatic heterocycles. The molecule has 0 bridgehead atoms. The number of hydrogen-bond donors (Lipinski definition) is 1. The lowest BCUT2D eigenvalue weighted by atomic mass is 10.0. The first-order valence-corrected chi connectivity index (χ1v) is 9.72. The molecule has 7 nitrogen and oxygen atoms in total. The fourth-order valence-electron chi connectivity index (χ4n) is 3.88. The van der Waals surface area contributed by atoms with Crippen LogP contribution in [0.4, 0.5) is 18.9 Å². The third-order valence-electron chi connectivity index (χ3n) is 5.47. The Hall–Kier alpha value is -3.69. The highest BCUT2D eigenvalue weighted by molar-refractivity contribution is 5.94. The molecule has 5 rings (SSSR count). The van der Waals surface area contributed by atoms with Crippen LogP contribution < -0.4 is 4.90 Å². The van der Waals surface area contributed by atoms with Crippen molar-refractivity contribution < 1.29 is 22.5 Å². The first-order valence-electron chi connectivity index (χ1n) is 9.72. The maximum absolute atomic E-state index is 13.9. The number of halogens is 3. The Labute approximate surface area is 173 Å². The zero-order valence-corrected chi connectivity index (χ0v) is 16.1. The van der Waals surface area contributed by atoms with Gasteiger partial charge in [0.05, 0.1) is 17.1 Å². The third kappa shape index (κ3) is 3.43. The van der Waals surface area contributed by atoms with E-state index < -0.39 is 17.5 Å². The first-order chi connectivity index (χ1) is 15.0. The lowest BCUT2D eigenvalue weighted by molar-refractivity contribution is -0.118. The number of anilines is 1. The fraction of sp³-hybridized carbons (Fsp3) is 0.238. The van der Waals surface area contributed by atoms with E-state index in [1.807, 2.05) is 0 Å². The molecule has 1 atom stereocenters. The molecule has 2 aromatic carbocycles. The molecule has 10 heteroatoms. The van der Waals surface area contributed by atoms with Gasteiger partial charge in [0.15, 0.2) is 11.6 Å². The van der Waals surface area contributed by atoms with Gasteiger partial charge >= 0.3 is 0 Å². The number of nitrogens with zero attached hydrogens (tertiary/aromatic N) is 4. The van der Waals surface area contributed by atoms with Crippen molar-refractivity contribution in [2.45, 2.75) is 25.2 Å². The van der Waals surface area contributed by atoms with Gasteiger partial charge in [-0.2, -0.15) is 10.1 Å². The van der Waals surface area contributed by atoms with E-state index in [-0.39, 0.29) is 24.1 Å². The zero-order chi connectivity index (χ0) is 21.5. The minimum atomic E-state index is -1.00. The summed E-state index contributed by atoms with van der Waals surface area (Å²) in [7, 11) is 0. The van der Waals surface area contributed by atoms with Gasteiger partial charge in [0.25, 0.3) is 0 Å². The molecule has 31 heavy (non-hydrogen) atoms. The molecule has 0 spiro atoms. The molecule has 1 fully saturated rings. The Kier molecular flexibility index (Phi) is 4.68. The number of amides is 1. The van der Waals surface area contributed by atoms with Crippen LogP contribution in [0.5, 0.6) is 0 Å². The topological polar surface area (TPSA) is 87.9 Å². The molecule has 3 heterocycles. The van der Waals surface area contributed by atoms with Gasteiger partial charge in [0.1, 0.15) is 5.82 Å². The summed E-state index contributed by atoms with van der Waals surface area (Å²) in [5.74, 6) is -2.38. The third-order valence-corrected chi connectivity index (χ3v) is 5.47. The molecule has 0 aliphatic carbocycles. The lowest BCUT2D eigenvalue weighted by Gasteiger charge is -2.20. The predicted octanol–water partition coefficient (Wildman–Crippen LogP) is 4.33. The van der Waals surface area contributed by atoms with Crippen LogP contribution in [0.3, 0.4) is 0 Å². The van der Waals surface area contributed by atoms with Gasteiger partial charge in [-0.05, 0) is 37.1 Å². The van der Waals surface area contributed by atoms with Crippen LogP contribution in [0.25, 0.3) is 22.3 Å². The van der Waals surface area contributed by atoms with Gasteiger partial charge in [-0.15, -0.1) is 0 Å². The van der Waals surface area contributed by atoms with Gasteiger partial charge in [-0.1, -0.05) is 5.16 Å². The molecule has 4 aromatic rings. The second-order valence-electron chi connectivity index (χ2n) is 7.40. The number of aromatic amines is 1. The summed E-state index contributed by atoms with van der Waals surface area (Å²) < 4.78 is 46.2. The highest BCUT2D eigenvalue weighted by Crippen LogP contribution is 2.33. The summed E-state index contributed by atoms with van der Waals surface area (Å²) in [6, 6.07) is 6.24. The minimum Gasteiger partial charge on any atom is -0.339 e. The zero-order valence-electron chi connectivity index (χ0n) is 16.1. The number of carbonyl (C=O) groups is 1. The van der Waals surface area contributed by atoms with Crippen LogP contribution in [0.1, 0.15) is 31.1 Å². The second kappa shape index (κ2) is 7.53. The van der Waals surface area contributed by atoms with Crippen molar-refractivity contribution in [3.05, 3.63) is 59.9 Å². The molecule has 1 unspecified atom stereocenters. The standard InChI is InChI=1S/C21H16F3N5O2/c22-15-6-4-13(19-14(15)10-25-27-19)20-26-21(31-28-20)11-2-1-7-29(18(30)8-11)12-3-5-16(23)17(24)9-12/h3-6,9-11H,1-2,7-8H2,(H,25,27). The number of aromatic nitrogens is 4. The highest BCUT2D eigenvalue weighted by atomic mass is 19.2. The summed E-state index contributed by atoms with van der Waals surface area (Å²) in [6.45, 7) is 0.369. The first kappa shape index (κ1) is 19.3. The van der Waals surface area contributed by atoms with Crippen LogP contribution in [0.2, 0.25) is 0 Å². The van der Waals surface area contributed by atoms with Crippen molar-refractivity contribution >= 4 is 22.5 Å². The monoisotopic (exact) mass is 427 g/mol. The smallest absolute Gasteiger partial charge is 0.230 e. The minimum absolute atomic E-state index is 0.0868. The van der Waals surface area contributed by atoms with E-state index in [2.05, 4.69) is 20.3 Å². The van der Waals surface area contributed by atoms with Crippen LogP contribution >= 0.6 is 0 Å². The van der Waals surface area contributed by atoms with Crippen molar-refractivity contribution in [1.29, 1.82) is 0 Å². The normalized spacial score (nSPS) is 17.3. The fourth-order valence-corrected chi connectivity index (χ4v) is 3.88. The number of rotatable bonds is 3. The number of nitrogens with one attached hydrogen (secondary N) is 1. The van der Waals surface area contributed by atoms with E-state index >= 15 is 0 Å². The summed E-state index contributed by atoms with van der Waals surface area (Å²) >= 11 is 0. The Morgan fingerprint density at radius 1 is 1.10 bits per heavy atom. The van der Waals surface area contributed by atoms with E-state index in [1.165, 1.54) is 29.3 Å². The Morgan fingerprint density at radius 2 is 1.94 bits per heavy atom. The van der Waals surface area contributed by atoms with E-state index in [9.17, 15) is 18.0 Å². The summed E-state index contributed by atoms with van der Waals surface area (Å²) in [4.78, 5) is 18.7. The number of benzene rings is 2. The summed E-state index contributed by atoms with van der Waals surface area (Å²) in [5.41, 5.74) is 1.30. The SMILES string of the molecule is O=C1CC(c2nc(-c3ccc(F)c4cn[nH]c34)no2)CCCN1c1ccc(F)c(F)c1. The number of hydrogen-bond acceptors (Lipinski definition) is 5.